The molecule has 3 atom stereocenters. The topological polar surface area (TPSA) is 0 Å². The maximum absolute atomic E-state index is 2.40. The molecule has 2 rings (SSSR count). The van der Waals surface area contributed by atoms with Gasteiger partial charge in [-0.15, -0.1) is 0 Å². The SMILES string of the molecule is C[C@@H]1CC[C@@H]2CC21. The molecular weight excluding hydrogens is 84.1 g/mol. The van der Waals surface area contributed by atoms with Crippen molar-refractivity contribution in [2.24, 2.45) is 17.8 Å². The zero-order valence-electron chi connectivity index (χ0n) is 4.85. The van der Waals surface area contributed by atoms with Gasteiger partial charge < -0.3 is 0 Å². The molecule has 0 N–H and O–H groups in total. The van der Waals surface area contributed by atoms with Gasteiger partial charge in [0.1, 0.15) is 0 Å². The Balaban J connectivity index is 2.08. The quantitative estimate of drug-likeness (QED) is 0.433. The van der Waals surface area contributed by atoms with E-state index in [2.05, 4.69) is 6.92 Å². The van der Waals surface area contributed by atoms with E-state index < -0.39 is 0 Å². The van der Waals surface area contributed by atoms with Gasteiger partial charge in [0.25, 0.3) is 0 Å². The van der Waals surface area contributed by atoms with Crippen LogP contribution in [0.3, 0.4) is 0 Å². The summed E-state index contributed by atoms with van der Waals surface area (Å²) in [6.07, 6.45) is 4.64. The predicted octanol–water partition coefficient (Wildman–Crippen LogP) is 2.05. The zero-order chi connectivity index (χ0) is 4.85. The molecular formula is C7H12. The lowest BCUT2D eigenvalue weighted by Crippen LogP contribution is -1.88. The maximum Gasteiger partial charge on any atom is -0.0357 e. The number of hydrogen-bond donors (Lipinski definition) is 0. The molecule has 0 bridgehead atoms. The summed E-state index contributed by atoms with van der Waals surface area (Å²) in [5, 5.41) is 0. The van der Waals surface area contributed by atoms with Crippen LogP contribution in [-0.2, 0) is 0 Å². The molecule has 0 saturated heterocycles. The number of rotatable bonds is 0. The molecule has 0 spiro atoms. The lowest BCUT2D eigenvalue weighted by atomic mass is 10.1. The molecule has 2 aliphatic rings. The van der Waals surface area contributed by atoms with Gasteiger partial charge in [-0.1, -0.05) is 13.3 Å². The van der Waals surface area contributed by atoms with Gasteiger partial charge in [-0.25, -0.2) is 0 Å². The van der Waals surface area contributed by atoms with E-state index in [0.29, 0.717) is 0 Å². The van der Waals surface area contributed by atoms with Crippen molar-refractivity contribution in [3.05, 3.63) is 0 Å². The smallest absolute Gasteiger partial charge is 0.0357 e. The van der Waals surface area contributed by atoms with Gasteiger partial charge in [-0.05, 0) is 30.6 Å². The molecule has 0 aromatic carbocycles. The Morgan fingerprint density at radius 2 is 2.14 bits per heavy atom. The Labute approximate surface area is 44.9 Å². The fourth-order valence-electron chi connectivity index (χ4n) is 1.99. The highest BCUT2D eigenvalue weighted by molar-refractivity contribution is 4.95. The second kappa shape index (κ2) is 1.04. The number of fused-ring (bicyclic) bond motifs is 1. The third-order valence-electron chi connectivity index (χ3n) is 2.70. The van der Waals surface area contributed by atoms with Crippen molar-refractivity contribution in [2.75, 3.05) is 0 Å². The summed E-state index contributed by atoms with van der Waals surface area (Å²) in [7, 11) is 0. The second-order valence-electron chi connectivity index (χ2n) is 3.21. The standard InChI is InChI=1S/C7H12/c1-5-2-3-6-4-7(5)6/h5-7H,2-4H2,1H3/t5-,6-,7?/m1/s1. The molecule has 0 nitrogen and oxygen atoms in total. The summed E-state index contributed by atoms with van der Waals surface area (Å²) in [5.74, 6) is 3.46. The van der Waals surface area contributed by atoms with Crippen molar-refractivity contribution < 1.29 is 0 Å². The molecule has 0 heterocycles. The van der Waals surface area contributed by atoms with E-state index in [0.717, 1.165) is 5.92 Å². The van der Waals surface area contributed by atoms with Crippen molar-refractivity contribution in [2.45, 2.75) is 26.2 Å². The Hall–Kier alpha value is 0. The van der Waals surface area contributed by atoms with E-state index in [1.807, 2.05) is 0 Å². The Morgan fingerprint density at radius 1 is 1.29 bits per heavy atom. The van der Waals surface area contributed by atoms with Crippen LogP contribution in [0.5, 0.6) is 0 Å². The van der Waals surface area contributed by atoms with Crippen LogP contribution in [0.15, 0.2) is 0 Å². The molecule has 40 valence electrons. The van der Waals surface area contributed by atoms with E-state index in [4.69, 9.17) is 0 Å². The van der Waals surface area contributed by atoms with Crippen LogP contribution in [0.25, 0.3) is 0 Å². The van der Waals surface area contributed by atoms with E-state index in [1.54, 1.807) is 12.8 Å². The molecule has 2 saturated carbocycles. The third-order valence-corrected chi connectivity index (χ3v) is 2.70. The van der Waals surface area contributed by atoms with Crippen molar-refractivity contribution >= 4 is 0 Å². The minimum Gasteiger partial charge on any atom is -0.0622 e. The minimum absolute atomic E-state index is 1.09. The van der Waals surface area contributed by atoms with Crippen LogP contribution < -0.4 is 0 Å². The Morgan fingerprint density at radius 3 is 2.29 bits per heavy atom. The summed E-state index contributed by atoms with van der Waals surface area (Å²) >= 11 is 0. The minimum atomic E-state index is 1.09. The number of hydrogen-bond acceptors (Lipinski definition) is 0. The molecule has 0 heteroatoms. The van der Waals surface area contributed by atoms with Gasteiger partial charge in [-0.3, -0.25) is 0 Å². The molecule has 2 aliphatic carbocycles. The first-order valence-corrected chi connectivity index (χ1v) is 3.38. The average molecular weight is 96.2 g/mol. The van der Waals surface area contributed by atoms with E-state index in [9.17, 15) is 0 Å². The van der Waals surface area contributed by atoms with Gasteiger partial charge in [0, 0.05) is 0 Å². The maximum atomic E-state index is 2.40. The van der Waals surface area contributed by atoms with E-state index >= 15 is 0 Å². The van der Waals surface area contributed by atoms with Crippen molar-refractivity contribution in [1.82, 2.24) is 0 Å². The molecule has 7 heavy (non-hydrogen) atoms. The van der Waals surface area contributed by atoms with Crippen molar-refractivity contribution in [3.8, 4) is 0 Å². The van der Waals surface area contributed by atoms with E-state index in [1.165, 1.54) is 18.3 Å². The first kappa shape index (κ1) is 3.94. The highest BCUT2D eigenvalue weighted by Gasteiger charge is 2.45. The first-order chi connectivity index (χ1) is 3.38. The summed E-state index contributed by atoms with van der Waals surface area (Å²) in [6, 6.07) is 0. The fourth-order valence-corrected chi connectivity index (χ4v) is 1.99. The fraction of sp³-hybridized carbons (Fsp3) is 1.00. The lowest BCUT2D eigenvalue weighted by Gasteiger charge is -1.98. The third kappa shape index (κ3) is 0.427. The summed E-state index contributed by atoms with van der Waals surface area (Å²) in [5.41, 5.74) is 0. The molecule has 0 amide bonds. The Kier molecular flexibility index (Phi) is 0.586. The largest absolute Gasteiger partial charge is 0.0622 e. The summed E-state index contributed by atoms with van der Waals surface area (Å²) in [4.78, 5) is 0. The second-order valence-corrected chi connectivity index (χ2v) is 3.21. The van der Waals surface area contributed by atoms with Gasteiger partial charge in [0.15, 0.2) is 0 Å². The van der Waals surface area contributed by atoms with Crippen molar-refractivity contribution in [1.29, 1.82) is 0 Å². The van der Waals surface area contributed by atoms with Crippen molar-refractivity contribution in [3.63, 3.8) is 0 Å². The monoisotopic (exact) mass is 96.1 g/mol. The van der Waals surface area contributed by atoms with Crippen LogP contribution in [-0.4, -0.2) is 0 Å². The average Bonchev–Trinajstić information content (AvgIpc) is 2.33. The normalized spacial score (nSPS) is 57.0. The van der Waals surface area contributed by atoms with Gasteiger partial charge >= 0.3 is 0 Å². The lowest BCUT2D eigenvalue weighted by molar-refractivity contribution is 0.530. The van der Waals surface area contributed by atoms with Crippen LogP contribution in [0.2, 0.25) is 0 Å². The highest BCUT2D eigenvalue weighted by atomic mass is 14.5. The van der Waals surface area contributed by atoms with Crippen LogP contribution in [0.4, 0.5) is 0 Å². The van der Waals surface area contributed by atoms with Gasteiger partial charge in [-0.2, -0.15) is 0 Å². The molecule has 0 aliphatic heterocycles. The molecule has 2 fully saturated rings. The summed E-state index contributed by atoms with van der Waals surface area (Å²) in [6.45, 7) is 2.40. The predicted molar refractivity (Wildman–Crippen MR) is 30.0 cm³/mol. The Bertz CT molecular complexity index is 86.0. The van der Waals surface area contributed by atoms with Crippen LogP contribution in [0.1, 0.15) is 26.2 Å². The van der Waals surface area contributed by atoms with Crippen LogP contribution in [0, 0.1) is 17.8 Å². The molecule has 0 aromatic heterocycles. The van der Waals surface area contributed by atoms with E-state index in [-0.39, 0.29) is 0 Å². The van der Waals surface area contributed by atoms with Gasteiger partial charge in [0.2, 0.25) is 0 Å². The summed E-state index contributed by atoms with van der Waals surface area (Å²) < 4.78 is 0. The zero-order valence-corrected chi connectivity index (χ0v) is 4.85. The molecule has 1 unspecified atom stereocenters. The molecule has 0 radical (unpaired) electrons. The first-order valence-electron chi connectivity index (χ1n) is 3.38. The van der Waals surface area contributed by atoms with Crippen LogP contribution >= 0.6 is 0 Å². The molecule has 0 aromatic rings. The highest BCUT2D eigenvalue weighted by Crippen LogP contribution is 2.54. The van der Waals surface area contributed by atoms with Gasteiger partial charge in [0.05, 0.1) is 0 Å².